The van der Waals surface area contributed by atoms with Crippen molar-refractivity contribution in [2.75, 3.05) is 11.1 Å². The Morgan fingerprint density at radius 2 is 1.92 bits per heavy atom. The Bertz CT molecular complexity index is 1310. The van der Waals surface area contributed by atoms with Crippen LogP contribution >= 0.6 is 34.7 Å². The van der Waals surface area contributed by atoms with Gasteiger partial charge in [0.05, 0.1) is 28.1 Å². The summed E-state index contributed by atoms with van der Waals surface area (Å²) in [6.45, 7) is 10.4. The van der Waals surface area contributed by atoms with Crippen LogP contribution < -0.4 is 5.32 Å². The van der Waals surface area contributed by atoms with Gasteiger partial charge in [-0.15, -0.1) is 21.5 Å². The van der Waals surface area contributed by atoms with Crippen LogP contribution in [0.15, 0.2) is 5.16 Å². The number of hydrogen-bond acceptors (Lipinski definition) is 8. The number of carbonyl (C=O) groups is 2. The van der Waals surface area contributed by atoms with Crippen molar-refractivity contribution in [2.45, 2.75) is 78.1 Å². The van der Waals surface area contributed by atoms with E-state index in [2.05, 4.69) is 34.5 Å². The number of anilines is 1. The first kappa shape index (κ1) is 27.7. The van der Waals surface area contributed by atoms with Crippen LogP contribution in [0, 0.1) is 12.8 Å². The highest BCUT2D eigenvalue weighted by atomic mass is 35.5. The zero-order valence-corrected chi connectivity index (χ0v) is 24.4. The predicted molar refractivity (Wildman–Crippen MR) is 148 cm³/mol. The average Bonchev–Trinajstić information content (AvgIpc) is 3.44. The van der Waals surface area contributed by atoms with E-state index in [1.165, 1.54) is 23.1 Å². The first-order valence-corrected chi connectivity index (χ1v) is 14.7. The largest absolute Gasteiger partial charge is 0.459 e. The van der Waals surface area contributed by atoms with E-state index in [-0.39, 0.29) is 23.7 Å². The van der Waals surface area contributed by atoms with Crippen LogP contribution in [0.3, 0.4) is 0 Å². The SMILES string of the molecule is Cc1nn(C)c(-c2nnc(SCC(=O)Nc3sc4c(c3C(=O)OC(C)C)CCCC4)n2CC(C)C)c1Cl. The third-order valence-corrected chi connectivity index (χ3v) is 8.56. The first-order valence-electron chi connectivity index (χ1n) is 12.5. The van der Waals surface area contributed by atoms with Gasteiger partial charge in [-0.05, 0) is 57.9 Å². The number of esters is 1. The number of amides is 1. The molecule has 4 rings (SSSR count). The summed E-state index contributed by atoms with van der Waals surface area (Å²) in [6.07, 6.45) is 3.63. The summed E-state index contributed by atoms with van der Waals surface area (Å²) >= 11 is 9.32. The number of hydrogen-bond donors (Lipinski definition) is 1. The standard InChI is InChI=1S/C25H33ClN6O3S2/c1-13(2)11-32-22(21-20(26)15(5)30-31(21)6)28-29-25(32)36-12-18(33)27-23-19(24(34)35-14(3)4)16-9-7-8-10-17(16)37-23/h13-14H,7-12H2,1-6H3,(H,27,33). The molecule has 0 fully saturated rings. The molecular formula is C25H33ClN6O3S2. The average molecular weight is 565 g/mol. The number of thioether (sulfide) groups is 1. The lowest BCUT2D eigenvalue weighted by Gasteiger charge is -2.14. The van der Waals surface area contributed by atoms with Crippen LogP contribution in [0.25, 0.3) is 11.5 Å². The van der Waals surface area contributed by atoms with Crippen LogP contribution in [0.2, 0.25) is 5.02 Å². The van der Waals surface area contributed by atoms with Gasteiger partial charge in [-0.1, -0.05) is 37.2 Å². The zero-order chi connectivity index (χ0) is 26.9. The van der Waals surface area contributed by atoms with Crippen molar-refractivity contribution < 1.29 is 14.3 Å². The molecule has 1 aliphatic rings. The van der Waals surface area contributed by atoms with E-state index >= 15 is 0 Å². The minimum absolute atomic E-state index is 0.121. The van der Waals surface area contributed by atoms with Gasteiger partial charge >= 0.3 is 5.97 Å². The Kier molecular flexibility index (Phi) is 8.65. The number of nitrogens with one attached hydrogen (secondary N) is 1. The maximum absolute atomic E-state index is 13.0. The van der Waals surface area contributed by atoms with E-state index in [4.69, 9.17) is 16.3 Å². The summed E-state index contributed by atoms with van der Waals surface area (Å²) in [6, 6.07) is 0. The molecule has 0 aliphatic heterocycles. The van der Waals surface area contributed by atoms with E-state index < -0.39 is 0 Å². The Morgan fingerprint density at radius 1 is 1.19 bits per heavy atom. The van der Waals surface area contributed by atoms with Crippen molar-refractivity contribution in [1.29, 1.82) is 0 Å². The Labute approximate surface area is 230 Å². The maximum atomic E-state index is 13.0. The molecule has 0 aromatic carbocycles. The summed E-state index contributed by atoms with van der Waals surface area (Å²) in [5.74, 6) is 0.479. The van der Waals surface area contributed by atoms with Crippen LogP contribution in [-0.2, 0) is 36.0 Å². The Morgan fingerprint density at radius 3 is 2.57 bits per heavy atom. The van der Waals surface area contributed by atoms with Crippen LogP contribution in [-0.4, -0.2) is 48.3 Å². The second-order valence-electron chi connectivity index (χ2n) is 9.89. The van der Waals surface area contributed by atoms with Gasteiger partial charge in [0.2, 0.25) is 5.91 Å². The molecule has 1 N–H and O–H groups in total. The quantitative estimate of drug-likeness (QED) is 0.269. The van der Waals surface area contributed by atoms with E-state index in [0.717, 1.165) is 41.8 Å². The monoisotopic (exact) mass is 564 g/mol. The highest BCUT2D eigenvalue weighted by Gasteiger charge is 2.28. The van der Waals surface area contributed by atoms with Gasteiger partial charge < -0.3 is 14.6 Å². The molecule has 0 radical (unpaired) electrons. The van der Waals surface area contributed by atoms with Crippen molar-refractivity contribution in [3.63, 3.8) is 0 Å². The van der Waals surface area contributed by atoms with Gasteiger partial charge in [0.25, 0.3) is 0 Å². The number of ether oxygens (including phenoxy) is 1. The van der Waals surface area contributed by atoms with E-state index in [9.17, 15) is 9.59 Å². The molecular weight excluding hydrogens is 532 g/mol. The zero-order valence-electron chi connectivity index (χ0n) is 22.1. The third kappa shape index (κ3) is 6.04. The third-order valence-electron chi connectivity index (χ3n) is 5.93. The van der Waals surface area contributed by atoms with Gasteiger partial charge in [0.15, 0.2) is 11.0 Å². The number of aromatic nitrogens is 5. The lowest BCUT2D eigenvalue weighted by Crippen LogP contribution is -2.19. The fourth-order valence-corrected chi connectivity index (χ4v) is 6.70. The van der Waals surface area contributed by atoms with Crippen molar-refractivity contribution in [2.24, 2.45) is 13.0 Å². The van der Waals surface area contributed by atoms with Gasteiger partial charge in [0.1, 0.15) is 10.7 Å². The maximum Gasteiger partial charge on any atom is 0.341 e. The number of rotatable bonds is 9. The smallest absolute Gasteiger partial charge is 0.341 e. The molecule has 9 nitrogen and oxygen atoms in total. The predicted octanol–water partition coefficient (Wildman–Crippen LogP) is 5.53. The lowest BCUT2D eigenvalue weighted by atomic mass is 9.95. The molecule has 200 valence electrons. The molecule has 0 atom stereocenters. The van der Waals surface area contributed by atoms with E-state index in [1.54, 1.807) is 4.68 Å². The van der Waals surface area contributed by atoms with Crippen LogP contribution in [0.1, 0.15) is 67.0 Å². The molecule has 3 heterocycles. The lowest BCUT2D eigenvalue weighted by molar-refractivity contribution is -0.113. The molecule has 1 aliphatic carbocycles. The number of thiophene rings is 1. The second kappa shape index (κ2) is 11.6. The molecule has 0 spiro atoms. The highest BCUT2D eigenvalue weighted by molar-refractivity contribution is 7.99. The molecule has 1 amide bonds. The number of carbonyl (C=O) groups excluding carboxylic acids is 2. The summed E-state index contributed by atoms with van der Waals surface area (Å²) in [7, 11) is 1.82. The Hall–Kier alpha value is -2.37. The number of nitrogens with zero attached hydrogens (tertiary/aromatic N) is 5. The Balaban J connectivity index is 1.54. The van der Waals surface area contributed by atoms with E-state index in [1.807, 2.05) is 32.4 Å². The van der Waals surface area contributed by atoms with Crippen LogP contribution in [0.5, 0.6) is 0 Å². The fraction of sp³-hybridized carbons (Fsp3) is 0.560. The summed E-state index contributed by atoms with van der Waals surface area (Å²) in [5.41, 5.74) is 2.95. The second-order valence-corrected chi connectivity index (χ2v) is 12.3. The van der Waals surface area contributed by atoms with Crippen molar-refractivity contribution in [3.05, 3.63) is 26.7 Å². The number of halogens is 1. The molecule has 3 aromatic rings. The molecule has 0 saturated carbocycles. The van der Waals surface area contributed by atoms with Crippen molar-refractivity contribution in [1.82, 2.24) is 24.5 Å². The van der Waals surface area contributed by atoms with E-state index in [0.29, 0.717) is 44.7 Å². The minimum atomic E-state index is -0.373. The van der Waals surface area contributed by atoms with Gasteiger partial charge in [-0.2, -0.15) is 5.10 Å². The first-order chi connectivity index (χ1) is 17.6. The van der Waals surface area contributed by atoms with Crippen molar-refractivity contribution >= 4 is 51.6 Å². The van der Waals surface area contributed by atoms with Gasteiger partial charge in [0, 0.05) is 18.5 Å². The number of fused-ring (bicyclic) bond motifs is 1. The van der Waals surface area contributed by atoms with Crippen molar-refractivity contribution in [3.8, 4) is 11.5 Å². The topological polar surface area (TPSA) is 104 Å². The van der Waals surface area contributed by atoms with Gasteiger partial charge in [-0.3, -0.25) is 9.48 Å². The fourth-order valence-electron chi connectivity index (χ4n) is 4.41. The minimum Gasteiger partial charge on any atom is -0.459 e. The molecule has 0 unspecified atom stereocenters. The number of aryl methyl sites for hydroxylation is 3. The van der Waals surface area contributed by atoms with Crippen LogP contribution in [0.4, 0.5) is 5.00 Å². The molecule has 0 bridgehead atoms. The molecule has 37 heavy (non-hydrogen) atoms. The molecule has 3 aromatic heterocycles. The normalized spacial score (nSPS) is 13.3. The summed E-state index contributed by atoms with van der Waals surface area (Å²) < 4.78 is 9.19. The highest BCUT2D eigenvalue weighted by Crippen LogP contribution is 2.39. The molecule has 12 heteroatoms. The summed E-state index contributed by atoms with van der Waals surface area (Å²) in [5, 5.41) is 17.9. The van der Waals surface area contributed by atoms with Gasteiger partial charge in [-0.25, -0.2) is 4.79 Å². The molecule has 0 saturated heterocycles. The summed E-state index contributed by atoms with van der Waals surface area (Å²) in [4.78, 5) is 27.1.